The summed E-state index contributed by atoms with van der Waals surface area (Å²) in [4.78, 5) is 0. The Kier molecular flexibility index (Phi) is 1.69. The average molecular weight is 127 g/mol. The largest absolute Gasteiger partial charge is 0.395 e. The molecule has 0 aliphatic carbocycles. The molecular weight excluding hydrogens is 118 g/mol. The maximum Gasteiger partial charge on any atom is 0.173 e. The Labute approximate surface area is 53.0 Å². The van der Waals surface area contributed by atoms with Gasteiger partial charge in [-0.15, -0.1) is 0 Å². The van der Waals surface area contributed by atoms with Crippen molar-refractivity contribution in [2.75, 3.05) is 12.8 Å². The molecule has 0 aliphatic heterocycles. The highest BCUT2D eigenvalue weighted by Crippen LogP contribution is 2.07. The van der Waals surface area contributed by atoms with Gasteiger partial charge >= 0.3 is 0 Å². The highest BCUT2D eigenvalue weighted by molar-refractivity contribution is 5.37. The summed E-state index contributed by atoms with van der Waals surface area (Å²) in [6, 6.07) is 0. The topological polar surface area (TPSA) is 64.1 Å². The smallest absolute Gasteiger partial charge is 0.173 e. The molecule has 0 spiro atoms. The Morgan fingerprint density at radius 2 is 2.67 bits per heavy atom. The lowest BCUT2D eigenvalue weighted by molar-refractivity contribution is 0.378. The van der Waals surface area contributed by atoms with Crippen molar-refractivity contribution in [3.63, 3.8) is 0 Å². The van der Waals surface area contributed by atoms with Gasteiger partial charge in [-0.3, -0.25) is 0 Å². The first-order valence-electron chi connectivity index (χ1n) is 2.68. The molecule has 0 radical (unpaired) electrons. The van der Waals surface area contributed by atoms with E-state index in [0.29, 0.717) is 18.0 Å². The SMILES string of the molecule is CNCc1oncc1N. The van der Waals surface area contributed by atoms with Crippen LogP contribution in [0.4, 0.5) is 5.69 Å². The fourth-order valence-corrected chi connectivity index (χ4v) is 0.566. The van der Waals surface area contributed by atoms with Crippen molar-refractivity contribution in [3.05, 3.63) is 12.0 Å². The summed E-state index contributed by atoms with van der Waals surface area (Å²) in [5.41, 5.74) is 6.03. The number of nitrogens with zero attached hydrogens (tertiary/aromatic N) is 1. The second-order valence-electron chi connectivity index (χ2n) is 1.73. The van der Waals surface area contributed by atoms with E-state index in [4.69, 9.17) is 10.3 Å². The van der Waals surface area contributed by atoms with Gasteiger partial charge in [0.05, 0.1) is 18.4 Å². The molecule has 0 aliphatic rings. The molecule has 50 valence electrons. The zero-order valence-corrected chi connectivity index (χ0v) is 5.22. The van der Waals surface area contributed by atoms with Gasteiger partial charge in [0, 0.05) is 0 Å². The van der Waals surface area contributed by atoms with Crippen LogP contribution in [0.5, 0.6) is 0 Å². The number of hydrogen-bond acceptors (Lipinski definition) is 4. The minimum absolute atomic E-state index is 0.601. The molecule has 9 heavy (non-hydrogen) atoms. The fourth-order valence-electron chi connectivity index (χ4n) is 0.566. The van der Waals surface area contributed by atoms with Crippen LogP contribution in [0.2, 0.25) is 0 Å². The van der Waals surface area contributed by atoms with E-state index in [1.165, 1.54) is 6.20 Å². The van der Waals surface area contributed by atoms with Crippen LogP contribution in [0.3, 0.4) is 0 Å². The van der Waals surface area contributed by atoms with Crippen LogP contribution < -0.4 is 11.1 Å². The number of anilines is 1. The predicted molar refractivity (Wildman–Crippen MR) is 33.7 cm³/mol. The highest BCUT2D eigenvalue weighted by atomic mass is 16.5. The molecule has 3 N–H and O–H groups in total. The molecule has 0 aromatic carbocycles. The Morgan fingerprint density at radius 3 is 3.11 bits per heavy atom. The third-order valence-electron chi connectivity index (χ3n) is 1.01. The van der Waals surface area contributed by atoms with Crippen molar-refractivity contribution in [3.8, 4) is 0 Å². The van der Waals surface area contributed by atoms with Crippen LogP contribution in [-0.4, -0.2) is 12.2 Å². The molecule has 0 atom stereocenters. The molecule has 1 rings (SSSR count). The lowest BCUT2D eigenvalue weighted by atomic mass is 10.4. The van der Waals surface area contributed by atoms with Crippen molar-refractivity contribution in [2.24, 2.45) is 0 Å². The monoisotopic (exact) mass is 127 g/mol. The summed E-state index contributed by atoms with van der Waals surface area (Å²) < 4.78 is 4.77. The van der Waals surface area contributed by atoms with Gasteiger partial charge < -0.3 is 15.6 Å². The van der Waals surface area contributed by atoms with Crippen LogP contribution >= 0.6 is 0 Å². The van der Waals surface area contributed by atoms with Gasteiger partial charge in [0.25, 0.3) is 0 Å². The maximum absolute atomic E-state index is 5.43. The van der Waals surface area contributed by atoms with Crippen molar-refractivity contribution in [2.45, 2.75) is 6.54 Å². The normalized spacial score (nSPS) is 9.89. The molecule has 0 saturated carbocycles. The summed E-state index contributed by atoms with van der Waals surface area (Å²) in [7, 11) is 1.82. The highest BCUT2D eigenvalue weighted by Gasteiger charge is 2.00. The van der Waals surface area contributed by atoms with E-state index in [1.54, 1.807) is 0 Å². The number of rotatable bonds is 2. The molecule has 4 heteroatoms. The van der Waals surface area contributed by atoms with E-state index in [-0.39, 0.29) is 0 Å². The Balaban J connectivity index is 2.69. The maximum atomic E-state index is 5.43. The van der Waals surface area contributed by atoms with Crippen LogP contribution in [0.15, 0.2) is 10.7 Å². The zero-order chi connectivity index (χ0) is 6.69. The van der Waals surface area contributed by atoms with Crippen LogP contribution in [-0.2, 0) is 6.54 Å². The fraction of sp³-hybridized carbons (Fsp3) is 0.400. The summed E-state index contributed by atoms with van der Waals surface area (Å²) in [5.74, 6) is 0.692. The molecule has 1 aromatic rings. The van der Waals surface area contributed by atoms with Crippen LogP contribution in [0.1, 0.15) is 5.76 Å². The molecular formula is C5H9N3O. The van der Waals surface area contributed by atoms with Crippen molar-refractivity contribution < 1.29 is 4.52 Å². The Hall–Kier alpha value is -1.03. The van der Waals surface area contributed by atoms with E-state index in [1.807, 2.05) is 7.05 Å². The van der Waals surface area contributed by atoms with Gasteiger partial charge in [0.2, 0.25) is 0 Å². The number of nitrogens with two attached hydrogens (primary N) is 1. The first-order chi connectivity index (χ1) is 4.34. The zero-order valence-electron chi connectivity index (χ0n) is 5.22. The van der Waals surface area contributed by atoms with Gasteiger partial charge in [-0.25, -0.2) is 0 Å². The van der Waals surface area contributed by atoms with Gasteiger partial charge in [0.1, 0.15) is 0 Å². The second-order valence-corrected chi connectivity index (χ2v) is 1.73. The van der Waals surface area contributed by atoms with Gasteiger partial charge in [-0.1, -0.05) is 5.16 Å². The third-order valence-corrected chi connectivity index (χ3v) is 1.01. The van der Waals surface area contributed by atoms with E-state index in [0.717, 1.165) is 0 Å². The van der Waals surface area contributed by atoms with Crippen LogP contribution in [0, 0.1) is 0 Å². The van der Waals surface area contributed by atoms with E-state index < -0.39 is 0 Å². The molecule has 0 unspecified atom stereocenters. The summed E-state index contributed by atoms with van der Waals surface area (Å²) >= 11 is 0. The predicted octanol–water partition coefficient (Wildman–Crippen LogP) is -0.0238. The number of nitrogens with one attached hydrogen (secondary N) is 1. The van der Waals surface area contributed by atoms with Gasteiger partial charge in [-0.05, 0) is 7.05 Å². The molecule has 0 amide bonds. The van der Waals surface area contributed by atoms with Crippen molar-refractivity contribution >= 4 is 5.69 Å². The number of hydrogen-bond donors (Lipinski definition) is 2. The first-order valence-corrected chi connectivity index (χ1v) is 2.68. The number of nitrogen functional groups attached to an aromatic ring is 1. The molecule has 1 heterocycles. The average Bonchev–Trinajstić information content (AvgIpc) is 2.18. The van der Waals surface area contributed by atoms with Crippen LogP contribution in [0.25, 0.3) is 0 Å². The second kappa shape index (κ2) is 2.50. The first kappa shape index (κ1) is 6.10. The molecule has 0 fully saturated rings. The van der Waals surface area contributed by atoms with E-state index >= 15 is 0 Å². The lowest BCUT2D eigenvalue weighted by Crippen LogP contribution is -2.05. The Bertz CT molecular complexity index is 184. The van der Waals surface area contributed by atoms with Gasteiger partial charge in [-0.2, -0.15) is 0 Å². The van der Waals surface area contributed by atoms with Crippen molar-refractivity contribution in [1.82, 2.24) is 10.5 Å². The van der Waals surface area contributed by atoms with E-state index in [9.17, 15) is 0 Å². The standard InChI is InChI=1S/C5H9N3O/c1-7-3-5-4(6)2-8-9-5/h2,7H,3,6H2,1H3. The minimum Gasteiger partial charge on any atom is -0.395 e. The quantitative estimate of drug-likeness (QED) is 0.585. The van der Waals surface area contributed by atoms with E-state index in [2.05, 4.69) is 10.5 Å². The molecule has 0 saturated heterocycles. The summed E-state index contributed by atoms with van der Waals surface area (Å²) in [6.45, 7) is 0.631. The Morgan fingerprint density at radius 1 is 1.89 bits per heavy atom. The number of aromatic nitrogens is 1. The van der Waals surface area contributed by atoms with Crippen molar-refractivity contribution in [1.29, 1.82) is 0 Å². The summed E-state index contributed by atoms with van der Waals surface area (Å²) in [6.07, 6.45) is 1.49. The minimum atomic E-state index is 0.601. The molecule has 4 nitrogen and oxygen atoms in total. The lowest BCUT2D eigenvalue weighted by Gasteiger charge is -1.91. The summed E-state index contributed by atoms with van der Waals surface area (Å²) in [5, 5.41) is 6.40. The third kappa shape index (κ3) is 1.20. The molecule has 0 bridgehead atoms. The molecule has 1 aromatic heterocycles. The van der Waals surface area contributed by atoms with Gasteiger partial charge in [0.15, 0.2) is 5.76 Å².